The van der Waals surface area contributed by atoms with Crippen molar-refractivity contribution in [2.24, 2.45) is 17.8 Å². The summed E-state index contributed by atoms with van der Waals surface area (Å²) in [5.41, 5.74) is 0.737. The SMILES string of the molecule is CC(C)CCC[C@H](C)CCC[C@H](C)CCCC1=CC(=O)O[C@H]1O. The predicted octanol–water partition coefficient (Wildman–Crippen LogP) is 5.23. The molecule has 1 rings (SSSR count). The molecule has 1 N–H and O–H groups in total. The lowest BCUT2D eigenvalue weighted by atomic mass is 9.91. The highest BCUT2D eigenvalue weighted by Crippen LogP contribution is 2.24. The summed E-state index contributed by atoms with van der Waals surface area (Å²) in [5, 5.41) is 9.52. The van der Waals surface area contributed by atoms with Gasteiger partial charge in [-0.3, -0.25) is 0 Å². The van der Waals surface area contributed by atoms with Gasteiger partial charge < -0.3 is 9.84 Å². The van der Waals surface area contributed by atoms with Gasteiger partial charge in [0.05, 0.1) is 0 Å². The minimum absolute atomic E-state index is 0.410. The van der Waals surface area contributed by atoms with Gasteiger partial charge in [0, 0.05) is 11.6 Å². The van der Waals surface area contributed by atoms with Crippen molar-refractivity contribution >= 4 is 5.97 Å². The minimum atomic E-state index is -0.996. The molecule has 0 aromatic heterocycles. The van der Waals surface area contributed by atoms with E-state index in [-0.39, 0.29) is 0 Å². The molecule has 0 spiro atoms. The molecule has 0 aliphatic carbocycles. The second kappa shape index (κ2) is 10.9. The fourth-order valence-electron chi connectivity index (χ4n) is 3.27. The van der Waals surface area contributed by atoms with Crippen molar-refractivity contribution in [1.29, 1.82) is 0 Å². The van der Waals surface area contributed by atoms with Gasteiger partial charge in [-0.1, -0.05) is 72.6 Å². The minimum Gasteiger partial charge on any atom is -0.429 e. The van der Waals surface area contributed by atoms with Crippen molar-refractivity contribution in [2.45, 2.75) is 91.8 Å². The van der Waals surface area contributed by atoms with E-state index in [1.807, 2.05) is 0 Å². The van der Waals surface area contributed by atoms with Gasteiger partial charge in [-0.2, -0.15) is 0 Å². The Morgan fingerprint density at radius 1 is 0.957 bits per heavy atom. The van der Waals surface area contributed by atoms with E-state index >= 15 is 0 Å². The highest BCUT2D eigenvalue weighted by molar-refractivity contribution is 5.85. The monoisotopic (exact) mass is 324 g/mol. The van der Waals surface area contributed by atoms with E-state index in [0.717, 1.165) is 36.7 Å². The molecule has 0 radical (unpaired) electrons. The van der Waals surface area contributed by atoms with E-state index in [4.69, 9.17) is 4.74 Å². The fraction of sp³-hybridized carbons (Fsp3) is 0.850. The van der Waals surface area contributed by atoms with Crippen LogP contribution < -0.4 is 0 Å². The molecule has 3 heteroatoms. The van der Waals surface area contributed by atoms with Crippen molar-refractivity contribution in [2.75, 3.05) is 0 Å². The molecule has 0 aromatic carbocycles. The molecule has 0 saturated carbocycles. The third-order valence-electron chi connectivity index (χ3n) is 4.88. The van der Waals surface area contributed by atoms with Crippen molar-refractivity contribution in [3.05, 3.63) is 11.6 Å². The zero-order valence-electron chi connectivity index (χ0n) is 15.5. The summed E-state index contributed by atoms with van der Waals surface area (Å²) in [6, 6.07) is 0. The molecule has 0 saturated heterocycles. The van der Waals surface area contributed by atoms with Crippen LogP contribution in [0.25, 0.3) is 0 Å². The van der Waals surface area contributed by atoms with Crippen LogP contribution in [0.3, 0.4) is 0 Å². The zero-order chi connectivity index (χ0) is 17.2. The Morgan fingerprint density at radius 2 is 1.48 bits per heavy atom. The number of hydrogen-bond donors (Lipinski definition) is 1. The van der Waals surface area contributed by atoms with Crippen LogP contribution in [-0.2, 0) is 9.53 Å². The number of cyclic esters (lactones) is 1. The van der Waals surface area contributed by atoms with Gasteiger partial charge in [0.15, 0.2) is 0 Å². The van der Waals surface area contributed by atoms with Crippen molar-refractivity contribution in [3.8, 4) is 0 Å². The van der Waals surface area contributed by atoms with Gasteiger partial charge in [0.25, 0.3) is 0 Å². The van der Waals surface area contributed by atoms with Crippen LogP contribution in [0.5, 0.6) is 0 Å². The first-order valence-corrected chi connectivity index (χ1v) is 9.47. The smallest absolute Gasteiger partial charge is 0.333 e. The van der Waals surface area contributed by atoms with Gasteiger partial charge in [0.2, 0.25) is 6.29 Å². The molecule has 0 amide bonds. The molecular weight excluding hydrogens is 288 g/mol. The highest BCUT2D eigenvalue weighted by atomic mass is 16.6. The summed E-state index contributed by atoms with van der Waals surface area (Å²) in [6.45, 7) is 9.30. The number of esters is 1. The average molecular weight is 325 g/mol. The summed E-state index contributed by atoms with van der Waals surface area (Å²) >= 11 is 0. The lowest BCUT2D eigenvalue weighted by Crippen LogP contribution is -2.10. The van der Waals surface area contributed by atoms with Crippen LogP contribution in [0.2, 0.25) is 0 Å². The normalized spacial score (nSPS) is 20.5. The zero-order valence-corrected chi connectivity index (χ0v) is 15.5. The van der Waals surface area contributed by atoms with E-state index in [9.17, 15) is 9.90 Å². The van der Waals surface area contributed by atoms with Gasteiger partial charge in [-0.05, 0) is 30.6 Å². The molecule has 0 aromatic rings. The number of rotatable bonds is 12. The lowest BCUT2D eigenvalue weighted by Gasteiger charge is -2.15. The van der Waals surface area contributed by atoms with Crippen LogP contribution in [0, 0.1) is 17.8 Å². The topological polar surface area (TPSA) is 46.5 Å². The number of carbonyl (C=O) groups excluding carboxylic acids is 1. The second-order valence-corrected chi connectivity index (χ2v) is 7.87. The Balaban J connectivity index is 2.03. The molecule has 1 aliphatic heterocycles. The van der Waals surface area contributed by atoms with Crippen LogP contribution in [0.4, 0.5) is 0 Å². The molecule has 1 heterocycles. The first kappa shape index (κ1) is 20.2. The molecule has 134 valence electrons. The van der Waals surface area contributed by atoms with Gasteiger partial charge in [0.1, 0.15) is 0 Å². The fourth-order valence-corrected chi connectivity index (χ4v) is 3.27. The van der Waals surface area contributed by atoms with Gasteiger partial charge >= 0.3 is 5.97 Å². The molecule has 0 unspecified atom stereocenters. The maximum absolute atomic E-state index is 11.0. The van der Waals surface area contributed by atoms with Gasteiger partial charge in [-0.15, -0.1) is 0 Å². The second-order valence-electron chi connectivity index (χ2n) is 7.87. The van der Waals surface area contributed by atoms with E-state index in [2.05, 4.69) is 27.7 Å². The summed E-state index contributed by atoms with van der Waals surface area (Å²) in [6.07, 6.45) is 11.4. The average Bonchev–Trinajstić information content (AvgIpc) is 2.76. The number of carbonyl (C=O) groups is 1. The Hall–Kier alpha value is -0.830. The van der Waals surface area contributed by atoms with Gasteiger partial charge in [-0.25, -0.2) is 4.79 Å². The third-order valence-corrected chi connectivity index (χ3v) is 4.88. The number of hydrogen-bond acceptors (Lipinski definition) is 3. The molecule has 1 aliphatic rings. The predicted molar refractivity (Wildman–Crippen MR) is 94.9 cm³/mol. The first-order chi connectivity index (χ1) is 10.9. The number of aliphatic hydroxyl groups is 1. The quantitative estimate of drug-likeness (QED) is 0.500. The molecule has 3 nitrogen and oxygen atoms in total. The molecular formula is C20H36O3. The molecule has 0 fully saturated rings. The highest BCUT2D eigenvalue weighted by Gasteiger charge is 2.22. The van der Waals surface area contributed by atoms with E-state index < -0.39 is 12.3 Å². The van der Waals surface area contributed by atoms with Crippen LogP contribution in [0.1, 0.15) is 85.5 Å². The summed E-state index contributed by atoms with van der Waals surface area (Å²) in [7, 11) is 0. The van der Waals surface area contributed by atoms with E-state index in [1.54, 1.807) is 0 Å². The lowest BCUT2D eigenvalue weighted by molar-refractivity contribution is -0.151. The van der Waals surface area contributed by atoms with Crippen molar-refractivity contribution in [1.82, 2.24) is 0 Å². The van der Waals surface area contributed by atoms with Crippen LogP contribution in [-0.4, -0.2) is 17.4 Å². The molecule has 3 atom stereocenters. The number of aliphatic hydroxyl groups excluding tert-OH is 1. The Labute approximate surface area is 142 Å². The Bertz CT molecular complexity index is 373. The third kappa shape index (κ3) is 9.14. The maximum Gasteiger partial charge on any atom is 0.333 e. The number of ether oxygens (including phenoxy) is 1. The Kier molecular flexibility index (Phi) is 9.54. The Morgan fingerprint density at radius 3 is 1.96 bits per heavy atom. The maximum atomic E-state index is 11.0. The molecule has 0 bridgehead atoms. The summed E-state index contributed by atoms with van der Waals surface area (Å²) in [4.78, 5) is 11.0. The van der Waals surface area contributed by atoms with Crippen LogP contribution >= 0.6 is 0 Å². The molecule has 23 heavy (non-hydrogen) atoms. The van der Waals surface area contributed by atoms with E-state index in [1.165, 1.54) is 44.6 Å². The first-order valence-electron chi connectivity index (χ1n) is 9.47. The van der Waals surface area contributed by atoms with Crippen LogP contribution in [0.15, 0.2) is 11.6 Å². The van der Waals surface area contributed by atoms with Crippen molar-refractivity contribution in [3.63, 3.8) is 0 Å². The standard InChI is InChI=1S/C20H36O3/c1-15(2)8-5-9-16(3)10-6-11-17(4)12-7-13-18-14-19(21)23-20(18)22/h14-17,20,22H,5-13H2,1-4H3/t16-,17-,20+/m0/s1. The summed E-state index contributed by atoms with van der Waals surface area (Å²) in [5.74, 6) is 1.99. The van der Waals surface area contributed by atoms with E-state index in [0.29, 0.717) is 5.92 Å². The van der Waals surface area contributed by atoms with Crippen molar-refractivity contribution < 1.29 is 14.6 Å². The summed E-state index contributed by atoms with van der Waals surface area (Å²) < 4.78 is 4.69. The largest absolute Gasteiger partial charge is 0.429 e.